The van der Waals surface area contributed by atoms with Gasteiger partial charge >= 0.3 is 0 Å². The van der Waals surface area contributed by atoms with Gasteiger partial charge in [-0.1, -0.05) is 0 Å². The maximum atomic E-state index is 12.0. The summed E-state index contributed by atoms with van der Waals surface area (Å²) in [6.45, 7) is 4.16. The van der Waals surface area contributed by atoms with Crippen LogP contribution in [0.5, 0.6) is 0 Å². The van der Waals surface area contributed by atoms with Gasteiger partial charge in [-0.3, -0.25) is 9.48 Å². The predicted molar refractivity (Wildman–Crippen MR) is 65.7 cm³/mol. The van der Waals surface area contributed by atoms with Crippen LogP contribution < -0.4 is 10.6 Å². The lowest BCUT2D eigenvalue weighted by Crippen LogP contribution is -2.44. The van der Waals surface area contributed by atoms with Gasteiger partial charge in [-0.2, -0.15) is 5.10 Å². The molecule has 2 rings (SSSR count). The van der Waals surface area contributed by atoms with Gasteiger partial charge in [-0.25, -0.2) is 0 Å². The summed E-state index contributed by atoms with van der Waals surface area (Å²) in [4.78, 5) is 12.0. The summed E-state index contributed by atoms with van der Waals surface area (Å²) in [5.41, 5.74) is 0.612. The molecule has 1 aromatic heterocycles. The van der Waals surface area contributed by atoms with Gasteiger partial charge in [0.1, 0.15) is 5.69 Å². The van der Waals surface area contributed by atoms with E-state index in [1.165, 1.54) is 12.8 Å². The minimum atomic E-state index is -0.0388. The summed E-state index contributed by atoms with van der Waals surface area (Å²) in [6, 6.07) is 1.94. The van der Waals surface area contributed by atoms with Gasteiger partial charge in [0, 0.05) is 19.3 Å². The average Bonchev–Trinajstić information content (AvgIpc) is 2.76. The maximum Gasteiger partial charge on any atom is 0.269 e. The van der Waals surface area contributed by atoms with Crippen molar-refractivity contribution in [1.82, 2.24) is 20.4 Å². The highest BCUT2D eigenvalue weighted by molar-refractivity contribution is 5.92. The van der Waals surface area contributed by atoms with E-state index in [4.69, 9.17) is 0 Å². The molecule has 0 bridgehead atoms. The average molecular weight is 236 g/mol. The fourth-order valence-electron chi connectivity index (χ4n) is 2.30. The zero-order valence-corrected chi connectivity index (χ0v) is 10.4. The molecule has 0 saturated carbocycles. The molecular weight excluding hydrogens is 216 g/mol. The second-order valence-corrected chi connectivity index (χ2v) is 4.71. The summed E-state index contributed by atoms with van der Waals surface area (Å²) in [7, 11) is 1.78. The molecule has 17 heavy (non-hydrogen) atoms. The first-order valence-corrected chi connectivity index (χ1v) is 6.18. The van der Waals surface area contributed by atoms with E-state index in [9.17, 15) is 4.79 Å². The van der Waals surface area contributed by atoms with E-state index in [1.807, 2.05) is 0 Å². The summed E-state index contributed by atoms with van der Waals surface area (Å²) >= 11 is 0. The fraction of sp³-hybridized carbons (Fsp3) is 0.667. The molecule has 0 radical (unpaired) electrons. The Hall–Kier alpha value is -1.36. The third-order valence-electron chi connectivity index (χ3n) is 3.45. The minimum absolute atomic E-state index is 0.0388. The zero-order chi connectivity index (χ0) is 12.3. The van der Waals surface area contributed by atoms with Crippen molar-refractivity contribution >= 4 is 5.91 Å². The molecule has 1 aromatic rings. The number of carbonyl (C=O) groups is 1. The third-order valence-corrected chi connectivity index (χ3v) is 3.45. The van der Waals surface area contributed by atoms with Crippen molar-refractivity contribution in [3.8, 4) is 0 Å². The van der Waals surface area contributed by atoms with Crippen LogP contribution in [0.1, 0.15) is 30.3 Å². The second kappa shape index (κ2) is 5.31. The number of piperidine rings is 1. The van der Waals surface area contributed by atoms with Crippen LogP contribution in [0.25, 0.3) is 0 Å². The molecule has 2 heterocycles. The molecule has 94 valence electrons. The Morgan fingerprint density at radius 2 is 2.53 bits per heavy atom. The lowest BCUT2D eigenvalue weighted by Gasteiger charge is -2.28. The van der Waals surface area contributed by atoms with E-state index in [1.54, 1.807) is 24.0 Å². The SMILES string of the molecule is CC(NC(=O)c1ccnn1C)C1CCCNC1. The molecule has 1 aliphatic heterocycles. The molecule has 1 amide bonds. The molecule has 2 unspecified atom stereocenters. The predicted octanol–water partition coefficient (Wildman–Crippen LogP) is 0.538. The number of hydrogen-bond acceptors (Lipinski definition) is 3. The molecule has 0 aromatic carbocycles. The molecule has 1 fully saturated rings. The first-order chi connectivity index (χ1) is 8.18. The Morgan fingerprint density at radius 1 is 1.71 bits per heavy atom. The summed E-state index contributed by atoms with van der Waals surface area (Å²) in [5.74, 6) is 0.490. The van der Waals surface area contributed by atoms with Crippen molar-refractivity contribution in [1.29, 1.82) is 0 Å². The normalized spacial score (nSPS) is 22.1. The van der Waals surface area contributed by atoms with Crippen LogP contribution in [-0.2, 0) is 7.05 Å². The van der Waals surface area contributed by atoms with Gasteiger partial charge < -0.3 is 10.6 Å². The first-order valence-electron chi connectivity index (χ1n) is 6.18. The number of nitrogens with one attached hydrogen (secondary N) is 2. The van der Waals surface area contributed by atoms with Gasteiger partial charge in [-0.05, 0) is 44.8 Å². The molecule has 0 aliphatic carbocycles. The van der Waals surface area contributed by atoms with Crippen LogP contribution in [0.2, 0.25) is 0 Å². The molecule has 1 aliphatic rings. The standard InChI is InChI=1S/C12H20N4O/c1-9(10-4-3-6-13-8-10)15-12(17)11-5-7-14-16(11)2/h5,7,9-10,13H,3-4,6,8H2,1-2H3,(H,15,17). The molecule has 1 saturated heterocycles. The Bertz CT molecular complexity index is 382. The van der Waals surface area contributed by atoms with E-state index < -0.39 is 0 Å². The highest BCUT2D eigenvalue weighted by Gasteiger charge is 2.22. The lowest BCUT2D eigenvalue weighted by atomic mass is 9.93. The smallest absolute Gasteiger partial charge is 0.269 e. The highest BCUT2D eigenvalue weighted by Crippen LogP contribution is 2.14. The van der Waals surface area contributed by atoms with E-state index in [0.29, 0.717) is 11.6 Å². The van der Waals surface area contributed by atoms with Crippen LogP contribution in [0.15, 0.2) is 12.3 Å². The lowest BCUT2D eigenvalue weighted by molar-refractivity contribution is 0.0912. The second-order valence-electron chi connectivity index (χ2n) is 4.71. The van der Waals surface area contributed by atoms with Gasteiger partial charge in [-0.15, -0.1) is 0 Å². The van der Waals surface area contributed by atoms with E-state index in [0.717, 1.165) is 13.1 Å². The van der Waals surface area contributed by atoms with Crippen molar-refractivity contribution < 1.29 is 4.79 Å². The van der Waals surface area contributed by atoms with Crippen molar-refractivity contribution in [2.24, 2.45) is 13.0 Å². The molecule has 2 atom stereocenters. The number of rotatable bonds is 3. The molecular formula is C12H20N4O. The zero-order valence-electron chi connectivity index (χ0n) is 10.4. The van der Waals surface area contributed by atoms with Gasteiger partial charge in [0.15, 0.2) is 0 Å². The van der Waals surface area contributed by atoms with Crippen LogP contribution in [-0.4, -0.2) is 34.8 Å². The van der Waals surface area contributed by atoms with E-state index in [2.05, 4.69) is 22.7 Å². The summed E-state index contributed by atoms with van der Waals surface area (Å²) < 4.78 is 1.60. The molecule has 0 spiro atoms. The first kappa shape index (κ1) is 12.1. The minimum Gasteiger partial charge on any atom is -0.348 e. The number of amides is 1. The van der Waals surface area contributed by atoms with Gasteiger partial charge in [0.05, 0.1) is 0 Å². The molecule has 2 N–H and O–H groups in total. The number of aromatic nitrogens is 2. The van der Waals surface area contributed by atoms with Crippen LogP contribution in [0.3, 0.4) is 0 Å². The summed E-state index contributed by atoms with van der Waals surface area (Å²) in [6.07, 6.45) is 4.01. The van der Waals surface area contributed by atoms with Crippen molar-refractivity contribution in [3.63, 3.8) is 0 Å². The Kier molecular flexibility index (Phi) is 3.78. The molecule has 5 nitrogen and oxygen atoms in total. The highest BCUT2D eigenvalue weighted by atomic mass is 16.2. The number of hydrogen-bond donors (Lipinski definition) is 2. The number of nitrogens with zero attached hydrogens (tertiary/aromatic N) is 2. The van der Waals surface area contributed by atoms with Gasteiger partial charge in [0.2, 0.25) is 0 Å². The largest absolute Gasteiger partial charge is 0.348 e. The quantitative estimate of drug-likeness (QED) is 0.805. The summed E-state index contributed by atoms with van der Waals surface area (Å²) in [5, 5.41) is 10.4. The maximum absolute atomic E-state index is 12.0. The topological polar surface area (TPSA) is 59.0 Å². The number of aryl methyl sites for hydroxylation is 1. The molecule has 5 heteroatoms. The van der Waals surface area contributed by atoms with E-state index >= 15 is 0 Å². The van der Waals surface area contributed by atoms with Crippen LogP contribution >= 0.6 is 0 Å². The number of carbonyl (C=O) groups excluding carboxylic acids is 1. The third kappa shape index (κ3) is 2.85. The Balaban J connectivity index is 1.92. The monoisotopic (exact) mass is 236 g/mol. The van der Waals surface area contributed by atoms with Gasteiger partial charge in [0.25, 0.3) is 5.91 Å². The van der Waals surface area contributed by atoms with E-state index in [-0.39, 0.29) is 11.9 Å². The Labute approximate surface area is 102 Å². The van der Waals surface area contributed by atoms with Crippen molar-refractivity contribution in [2.75, 3.05) is 13.1 Å². The van der Waals surface area contributed by atoms with Crippen molar-refractivity contribution in [3.05, 3.63) is 18.0 Å². The van der Waals surface area contributed by atoms with Crippen molar-refractivity contribution in [2.45, 2.75) is 25.8 Å². The Morgan fingerprint density at radius 3 is 3.12 bits per heavy atom. The fourth-order valence-corrected chi connectivity index (χ4v) is 2.30. The van der Waals surface area contributed by atoms with Crippen LogP contribution in [0.4, 0.5) is 0 Å². The van der Waals surface area contributed by atoms with Crippen LogP contribution in [0, 0.1) is 5.92 Å².